The zero-order valence-corrected chi connectivity index (χ0v) is 15.7. The highest BCUT2D eigenvalue weighted by atomic mass is 35.5. The average Bonchev–Trinajstić information content (AvgIpc) is 2.57. The highest BCUT2D eigenvalue weighted by Crippen LogP contribution is 2.32. The van der Waals surface area contributed by atoms with Crippen LogP contribution in [0.5, 0.6) is 0 Å². The van der Waals surface area contributed by atoms with Crippen LogP contribution < -0.4 is 16.0 Å². The Labute approximate surface area is 161 Å². The maximum Gasteiger partial charge on any atom is 0.319 e. The fraction of sp³-hybridized carbons (Fsp3) is 0.158. The number of halogens is 2. The first-order chi connectivity index (χ1) is 12.4. The van der Waals surface area contributed by atoms with Crippen molar-refractivity contribution in [1.29, 1.82) is 0 Å². The molecule has 0 saturated carbocycles. The first-order valence-electron chi connectivity index (χ1n) is 7.97. The molecule has 1 aliphatic heterocycles. The molecule has 1 atom stereocenters. The van der Waals surface area contributed by atoms with Crippen molar-refractivity contribution < 1.29 is 9.59 Å². The van der Waals surface area contributed by atoms with Crippen molar-refractivity contribution in [3.8, 4) is 0 Å². The molecule has 134 valence electrons. The van der Waals surface area contributed by atoms with Crippen LogP contribution in [0.4, 0.5) is 10.5 Å². The van der Waals surface area contributed by atoms with Crippen LogP contribution >= 0.6 is 23.2 Å². The van der Waals surface area contributed by atoms with E-state index in [0.29, 0.717) is 32.6 Å². The lowest BCUT2D eigenvalue weighted by Gasteiger charge is -2.29. The molecule has 2 aromatic rings. The fourth-order valence-electron chi connectivity index (χ4n) is 2.81. The third-order valence-electron chi connectivity index (χ3n) is 4.16. The number of carbonyl (C=O) groups is 2. The van der Waals surface area contributed by atoms with Gasteiger partial charge in [0.1, 0.15) is 0 Å². The van der Waals surface area contributed by atoms with E-state index >= 15 is 0 Å². The molecule has 3 amide bonds. The molecule has 0 aliphatic carbocycles. The fourth-order valence-corrected chi connectivity index (χ4v) is 3.23. The maximum absolute atomic E-state index is 12.9. The zero-order valence-electron chi connectivity index (χ0n) is 14.2. The summed E-state index contributed by atoms with van der Waals surface area (Å²) in [5, 5.41) is 9.26. The Morgan fingerprint density at radius 3 is 2.50 bits per heavy atom. The van der Waals surface area contributed by atoms with Gasteiger partial charge in [-0.05, 0) is 43.2 Å². The molecule has 0 unspecified atom stereocenters. The van der Waals surface area contributed by atoms with Crippen LogP contribution in [-0.4, -0.2) is 11.9 Å². The van der Waals surface area contributed by atoms with Crippen molar-refractivity contribution >= 4 is 40.8 Å². The van der Waals surface area contributed by atoms with Crippen molar-refractivity contribution in [2.75, 3.05) is 5.32 Å². The lowest BCUT2D eigenvalue weighted by atomic mass is 9.94. The van der Waals surface area contributed by atoms with E-state index in [9.17, 15) is 9.59 Å². The summed E-state index contributed by atoms with van der Waals surface area (Å²) in [4.78, 5) is 24.9. The molecule has 0 bridgehead atoms. The van der Waals surface area contributed by atoms with E-state index < -0.39 is 6.04 Å². The number of benzene rings is 2. The molecular formula is C19H17Cl2N3O2. The van der Waals surface area contributed by atoms with Gasteiger partial charge in [0.25, 0.3) is 5.91 Å². The Morgan fingerprint density at radius 2 is 1.81 bits per heavy atom. The number of carbonyl (C=O) groups excluding carboxylic acids is 2. The predicted molar refractivity (Wildman–Crippen MR) is 103 cm³/mol. The molecule has 1 aliphatic rings. The third-order valence-corrected chi connectivity index (χ3v) is 4.91. The topological polar surface area (TPSA) is 70.2 Å². The largest absolute Gasteiger partial charge is 0.327 e. The number of anilines is 1. The normalized spacial score (nSPS) is 16.8. The molecule has 5 nitrogen and oxygen atoms in total. The van der Waals surface area contributed by atoms with Gasteiger partial charge in [0.2, 0.25) is 0 Å². The second-order valence-electron chi connectivity index (χ2n) is 6.01. The van der Waals surface area contributed by atoms with Gasteiger partial charge in [0.15, 0.2) is 0 Å². The Bertz CT molecular complexity index is 925. The minimum Gasteiger partial charge on any atom is -0.327 e. The van der Waals surface area contributed by atoms with Gasteiger partial charge in [0.05, 0.1) is 11.6 Å². The molecule has 0 radical (unpaired) electrons. The van der Waals surface area contributed by atoms with Gasteiger partial charge in [-0.2, -0.15) is 0 Å². The first kappa shape index (κ1) is 18.3. The van der Waals surface area contributed by atoms with Crippen LogP contribution in [0.2, 0.25) is 10.0 Å². The highest BCUT2D eigenvalue weighted by molar-refractivity contribution is 6.32. The van der Waals surface area contributed by atoms with Crippen LogP contribution in [0.25, 0.3) is 0 Å². The second kappa shape index (κ2) is 7.40. The van der Waals surface area contributed by atoms with Gasteiger partial charge in [-0.25, -0.2) is 4.79 Å². The van der Waals surface area contributed by atoms with E-state index in [0.717, 1.165) is 5.56 Å². The number of urea groups is 1. The molecule has 2 aromatic carbocycles. The van der Waals surface area contributed by atoms with E-state index in [1.807, 2.05) is 13.0 Å². The quantitative estimate of drug-likeness (QED) is 0.719. The summed E-state index contributed by atoms with van der Waals surface area (Å²) in [5.74, 6) is -0.347. The summed E-state index contributed by atoms with van der Waals surface area (Å²) < 4.78 is 0. The number of amides is 3. The molecule has 7 heteroatoms. The maximum atomic E-state index is 12.9. The van der Waals surface area contributed by atoms with Crippen molar-refractivity contribution in [3.63, 3.8) is 0 Å². The van der Waals surface area contributed by atoms with E-state index in [1.54, 1.807) is 43.3 Å². The van der Waals surface area contributed by atoms with Gasteiger partial charge in [-0.1, -0.05) is 47.5 Å². The van der Waals surface area contributed by atoms with Crippen LogP contribution in [0, 0.1) is 6.92 Å². The van der Waals surface area contributed by atoms with Gasteiger partial charge >= 0.3 is 6.03 Å². The van der Waals surface area contributed by atoms with Gasteiger partial charge in [-0.3, -0.25) is 4.79 Å². The molecule has 3 N–H and O–H groups in total. The van der Waals surface area contributed by atoms with Gasteiger partial charge in [0, 0.05) is 21.4 Å². The second-order valence-corrected chi connectivity index (χ2v) is 6.82. The molecular weight excluding hydrogens is 373 g/mol. The number of hydrogen-bond donors (Lipinski definition) is 3. The van der Waals surface area contributed by atoms with Gasteiger partial charge in [-0.15, -0.1) is 0 Å². The minimum absolute atomic E-state index is 0.347. The van der Waals surface area contributed by atoms with Crippen molar-refractivity contribution in [1.82, 2.24) is 10.6 Å². The first-order valence-corrected chi connectivity index (χ1v) is 8.72. The molecule has 0 aromatic heterocycles. The number of hydrogen-bond acceptors (Lipinski definition) is 2. The van der Waals surface area contributed by atoms with Crippen LogP contribution in [0.1, 0.15) is 24.1 Å². The predicted octanol–water partition coefficient (Wildman–Crippen LogP) is 4.57. The number of rotatable bonds is 3. The average molecular weight is 390 g/mol. The summed E-state index contributed by atoms with van der Waals surface area (Å²) in [5.41, 5.74) is 2.99. The summed E-state index contributed by atoms with van der Waals surface area (Å²) in [7, 11) is 0. The van der Waals surface area contributed by atoms with Crippen LogP contribution in [-0.2, 0) is 4.79 Å². The lowest BCUT2D eigenvalue weighted by Crippen LogP contribution is -2.46. The minimum atomic E-state index is -0.654. The Hall–Kier alpha value is -2.50. The van der Waals surface area contributed by atoms with Crippen LogP contribution in [0.3, 0.4) is 0 Å². The third kappa shape index (κ3) is 3.69. The number of allylic oxidation sites excluding steroid dienone is 1. The molecule has 3 rings (SSSR count). The van der Waals surface area contributed by atoms with Crippen molar-refractivity contribution in [3.05, 3.63) is 74.9 Å². The Kier molecular flexibility index (Phi) is 5.20. The zero-order chi connectivity index (χ0) is 18.8. The molecule has 1 heterocycles. The highest BCUT2D eigenvalue weighted by Gasteiger charge is 2.32. The van der Waals surface area contributed by atoms with Crippen molar-refractivity contribution in [2.24, 2.45) is 0 Å². The molecule has 0 fully saturated rings. The SMILES string of the molecule is CC1=C(C(=O)Nc2ccc(C)c(Cl)c2)[C@@H](c2ccccc2Cl)NC(=O)N1. The number of nitrogens with one attached hydrogen (secondary N) is 3. The van der Waals surface area contributed by atoms with E-state index in [4.69, 9.17) is 23.2 Å². The lowest BCUT2D eigenvalue weighted by molar-refractivity contribution is -0.113. The van der Waals surface area contributed by atoms with Crippen LogP contribution in [0.15, 0.2) is 53.7 Å². The van der Waals surface area contributed by atoms with E-state index in [-0.39, 0.29) is 11.9 Å². The Morgan fingerprint density at radius 1 is 1.08 bits per heavy atom. The summed E-state index contributed by atoms with van der Waals surface area (Å²) in [6.45, 7) is 3.56. The smallest absolute Gasteiger partial charge is 0.319 e. The molecule has 26 heavy (non-hydrogen) atoms. The summed E-state index contributed by atoms with van der Waals surface area (Å²) in [6.07, 6.45) is 0. The van der Waals surface area contributed by atoms with Gasteiger partial charge < -0.3 is 16.0 Å². The Balaban J connectivity index is 1.97. The van der Waals surface area contributed by atoms with E-state index in [1.165, 1.54) is 0 Å². The van der Waals surface area contributed by atoms with E-state index in [2.05, 4.69) is 16.0 Å². The monoisotopic (exact) mass is 389 g/mol. The van der Waals surface area contributed by atoms with Crippen molar-refractivity contribution in [2.45, 2.75) is 19.9 Å². The molecule has 0 saturated heterocycles. The standard InChI is InChI=1S/C19H17Cl2N3O2/c1-10-7-8-12(9-15(10)21)23-18(25)16-11(2)22-19(26)24-17(16)13-5-3-4-6-14(13)20/h3-9,17H,1-2H3,(H,23,25)(H2,22,24,26)/t17-/m1/s1. The number of aryl methyl sites for hydroxylation is 1. The summed E-state index contributed by atoms with van der Waals surface area (Å²) >= 11 is 12.4. The molecule has 0 spiro atoms. The summed E-state index contributed by atoms with van der Waals surface area (Å²) in [6, 6.07) is 11.3.